The number of halogens is 4. The summed E-state index contributed by atoms with van der Waals surface area (Å²) >= 11 is 0. The lowest BCUT2D eigenvalue weighted by Gasteiger charge is -2.08. The van der Waals surface area contributed by atoms with Crippen molar-refractivity contribution in [3.05, 3.63) is 89.0 Å². The SMILES string of the molecule is CC(=O)C(N=Nc1ccc(OC(F)F)cc1)C(C)=O.CN(C)/C=C/C(=O)c1nn(-c2ccc(OC(F)F)cc2)ccc1=O. The summed E-state index contributed by atoms with van der Waals surface area (Å²) in [7, 11) is 3.48. The van der Waals surface area contributed by atoms with Gasteiger partial charge >= 0.3 is 13.2 Å². The van der Waals surface area contributed by atoms with Crippen LogP contribution in [0.2, 0.25) is 0 Å². The van der Waals surface area contributed by atoms with Gasteiger partial charge in [0.2, 0.25) is 11.2 Å². The molecule has 0 spiro atoms. The quantitative estimate of drug-likeness (QED) is 0.0926. The largest absolute Gasteiger partial charge is 0.435 e. The summed E-state index contributed by atoms with van der Waals surface area (Å²) in [5, 5.41) is 11.3. The minimum absolute atomic E-state index is 0.0000104. The number of benzene rings is 2. The van der Waals surface area contributed by atoms with Gasteiger partial charge in [0.05, 0.1) is 11.4 Å². The van der Waals surface area contributed by atoms with E-state index in [1.54, 1.807) is 19.0 Å². The zero-order valence-corrected chi connectivity index (χ0v) is 23.4. The number of Topliss-reactive ketones (excluding diaryl/α,β-unsaturated/α-hetero) is 2. The van der Waals surface area contributed by atoms with E-state index >= 15 is 0 Å². The molecule has 3 aromatic rings. The Hall–Kier alpha value is -5.21. The Morgan fingerprint density at radius 2 is 1.37 bits per heavy atom. The van der Waals surface area contributed by atoms with Crippen LogP contribution < -0.4 is 14.9 Å². The van der Waals surface area contributed by atoms with Crippen molar-refractivity contribution in [3.8, 4) is 17.2 Å². The molecule has 0 amide bonds. The first-order valence-electron chi connectivity index (χ1n) is 12.3. The van der Waals surface area contributed by atoms with E-state index < -0.39 is 42.0 Å². The van der Waals surface area contributed by atoms with Gasteiger partial charge in [-0.3, -0.25) is 19.2 Å². The van der Waals surface area contributed by atoms with E-state index in [4.69, 9.17) is 0 Å². The molecule has 0 unspecified atom stereocenters. The lowest BCUT2D eigenvalue weighted by atomic mass is 10.1. The average Bonchev–Trinajstić information content (AvgIpc) is 2.93. The van der Waals surface area contributed by atoms with Gasteiger partial charge in [-0.1, -0.05) is 0 Å². The Bertz CT molecular complexity index is 1490. The number of alkyl halides is 4. The second-order valence-corrected chi connectivity index (χ2v) is 8.70. The van der Waals surface area contributed by atoms with E-state index in [0.29, 0.717) is 11.4 Å². The summed E-state index contributed by atoms with van der Waals surface area (Å²) in [6.45, 7) is -3.32. The van der Waals surface area contributed by atoms with Crippen molar-refractivity contribution >= 4 is 23.0 Å². The number of hydrogen-bond donors (Lipinski definition) is 0. The Morgan fingerprint density at radius 3 is 1.84 bits per heavy atom. The Balaban J connectivity index is 0.000000309. The van der Waals surface area contributed by atoms with Crippen LogP contribution >= 0.6 is 0 Å². The molecular weight excluding hydrogens is 578 g/mol. The van der Waals surface area contributed by atoms with E-state index in [1.165, 1.54) is 91.6 Å². The van der Waals surface area contributed by atoms with Crippen molar-refractivity contribution in [1.29, 1.82) is 0 Å². The fourth-order valence-electron chi connectivity index (χ4n) is 3.07. The summed E-state index contributed by atoms with van der Waals surface area (Å²) in [6, 6.07) is 11.1. The normalized spacial score (nSPS) is 11.1. The Labute approximate surface area is 243 Å². The molecule has 2 aromatic carbocycles. The highest BCUT2D eigenvalue weighted by atomic mass is 19.3. The van der Waals surface area contributed by atoms with Crippen LogP contribution in [0.3, 0.4) is 0 Å². The summed E-state index contributed by atoms with van der Waals surface area (Å²) in [5.74, 6) is -1.35. The lowest BCUT2D eigenvalue weighted by molar-refractivity contribution is -0.126. The number of carbonyl (C=O) groups excluding carboxylic acids is 3. The van der Waals surface area contributed by atoms with Crippen molar-refractivity contribution in [2.24, 2.45) is 10.2 Å². The molecule has 3 rings (SSSR count). The fourth-order valence-corrected chi connectivity index (χ4v) is 3.07. The number of ether oxygens (including phenoxy) is 2. The Morgan fingerprint density at radius 1 is 0.860 bits per heavy atom. The van der Waals surface area contributed by atoms with Gasteiger partial charge in [-0.25, -0.2) is 4.68 Å². The van der Waals surface area contributed by atoms with Crippen molar-refractivity contribution in [1.82, 2.24) is 14.7 Å². The monoisotopic (exact) mass is 605 g/mol. The zero-order valence-electron chi connectivity index (χ0n) is 23.4. The van der Waals surface area contributed by atoms with E-state index in [9.17, 15) is 36.7 Å². The van der Waals surface area contributed by atoms with Gasteiger partial charge < -0.3 is 14.4 Å². The Kier molecular flexibility index (Phi) is 12.9. The predicted octanol–water partition coefficient (Wildman–Crippen LogP) is 5.01. The molecule has 0 aliphatic rings. The number of azo groups is 1. The van der Waals surface area contributed by atoms with Gasteiger partial charge in [-0.15, -0.1) is 0 Å². The highest BCUT2D eigenvalue weighted by Crippen LogP contribution is 2.20. The number of rotatable bonds is 12. The molecule has 11 nitrogen and oxygen atoms in total. The minimum atomic E-state index is -2.91. The van der Waals surface area contributed by atoms with Gasteiger partial charge in [-0.2, -0.15) is 32.9 Å². The van der Waals surface area contributed by atoms with E-state index in [0.717, 1.165) is 0 Å². The molecule has 1 heterocycles. The van der Waals surface area contributed by atoms with E-state index in [2.05, 4.69) is 24.8 Å². The average molecular weight is 606 g/mol. The molecule has 43 heavy (non-hydrogen) atoms. The summed E-state index contributed by atoms with van der Waals surface area (Å²) in [6.07, 6.45) is 4.14. The first-order valence-corrected chi connectivity index (χ1v) is 12.3. The van der Waals surface area contributed by atoms with Gasteiger partial charge in [0, 0.05) is 38.6 Å². The van der Waals surface area contributed by atoms with Gasteiger partial charge in [0.25, 0.3) is 0 Å². The molecular formula is C28H27F4N5O6. The van der Waals surface area contributed by atoms with Crippen molar-refractivity contribution in [3.63, 3.8) is 0 Å². The van der Waals surface area contributed by atoms with Crippen LogP contribution in [-0.2, 0) is 9.59 Å². The zero-order chi connectivity index (χ0) is 32.1. The summed E-state index contributed by atoms with van der Waals surface area (Å²) in [5.41, 5.74) is 0.0807. The summed E-state index contributed by atoms with van der Waals surface area (Å²) < 4.78 is 57.8. The highest BCUT2D eigenvalue weighted by molar-refractivity contribution is 6.04. The van der Waals surface area contributed by atoms with Gasteiger partial charge in [-0.05, 0) is 62.4 Å². The topological polar surface area (TPSA) is 133 Å². The molecule has 0 aliphatic heterocycles. The highest BCUT2D eigenvalue weighted by Gasteiger charge is 2.18. The second kappa shape index (κ2) is 16.3. The number of carbonyl (C=O) groups is 3. The minimum Gasteiger partial charge on any atom is -0.435 e. The smallest absolute Gasteiger partial charge is 0.387 e. The maximum absolute atomic E-state index is 12.1. The molecule has 0 radical (unpaired) electrons. The molecule has 1 aromatic heterocycles. The van der Waals surface area contributed by atoms with Crippen LogP contribution in [0.4, 0.5) is 23.2 Å². The van der Waals surface area contributed by atoms with E-state index in [1.807, 2.05) is 0 Å². The molecule has 0 aliphatic carbocycles. The number of ketones is 3. The molecule has 15 heteroatoms. The molecule has 228 valence electrons. The maximum Gasteiger partial charge on any atom is 0.387 e. The fraction of sp³-hybridized carbons (Fsp3) is 0.250. The molecule has 0 atom stereocenters. The van der Waals surface area contributed by atoms with Crippen LogP contribution in [0.1, 0.15) is 24.3 Å². The van der Waals surface area contributed by atoms with Crippen LogP contribution in [0.5, 0.6) is 11.5 Å². The van der Waals surface area contributed by atoms with E-state index in [-0.39, 0.29) is 17.2 Å². The second-order valence-electron chi connectivity index (χ2n) is 8.70. The standard InChI is InChI=1S/C16H15F2N3O3.C12H12F2N2O3/c1-20(2)9-7-13(22)15-14(23)8-10-21(19-15)11-3-5-12(6-4-11)24-16(17)18;1-7(17)11(8(2)18)16-15-9-3-5-10(6-4-9)19-12(13)14/h3-10,16H,1-2H3;3-6,11-12H,1-2H3/b9-7+;. The maximum atomic E-state index is 12.1. The first-order chi connectivity index (χ1) is 20.3. The molecule has 0 bridgehead atoms. The third-order valence-corrected chi connectivity index (χ3v) is 5.01. The molecule has 0 saturated heterocycles. The van der Waals surface area contributed by atoms with Crippen molar-refractivity contribution in [2.45, 2.75) is 33.1 Å². The van der Waals surface area contributed by atoms with Crippen LogP contribution in [0.15, 0.2) is 88.1 Å². The first kappa shape index (κ1) is 34.0. The van der Waals surface area contributed by atoms with Gasteiger partial charge in [0.15, 0.2) is 23.3 Å². The molecule has 0 N–H and O–H groups in total. The number of nitrogens with zero attached hydrogens (tertiary/aromatic N) is 5. The van der Waals surface area contributed by atoms with Gasteiger partial charge in [0.1, 0.15) is 11.5 Å². The van der Waals surface area contributed by atoms with Crippen LogP contribution in [-0.4, -0.2) is 65.4 Å². The van der Waals surface area contributed by atoms with Crippen LogP contribution in [0.25, 0.3) is 5.69 Å². The number of aromatic nitrogens is 2. The third-order valence-electron chi connectivity index (χ3n) is 5.01. The molecule has 0 fully saturated rings. The number of allylic oxidation sites excluding steroid dienone is 1. The number of hydrogen-bond acceptors (Lipinski definition) is 10. The lowest BCUT2D eigenvalue weighted by Crippen LogP contribution is -2.23. The predicted molar refractivity (Wildman–Crippen MR) is 146 cm³/mol. The van der Waals surface area contributed by atoms with Crippen molar-refractivity contribution < 1.29 is 41.4 Å². The molecule has 0 saturated carbocycles. The van der Waals surface area contributed by atoms with Crippen molar-refractivity contribution in [2.75, 3.05) is 14.1 Å². The third kappa shape index (κ3) is 11.7. The van der Waals surface area contributed by atoms with Crippen LogP contribution in [0, 0.1) is 0 Å². The summed E-state index contributed by atoms with van der Waals surface area (Å²) in [4.78, 5) is 47.7.